The zero-order valence-electron chi connectivity index (χ0n) is 8.36. The van der Waals surface area contributed by atoms with Gasteiger partial charge in [-0.1, -0.05) is 36.4 Å². The lowest BCUT2D eigenvalue weighted by molar-refractivity contribution is 0.0938. The second-order valence-corrected chi connectivity index (χ2v) is 3.73. The SMILES string of the molecule is CC=CCC1Cc2ccccc2C1=O. The lowest BCUT2D eigenvalue weighted by Gasteiger charge is -2.01. The van der Waals surface area contributed by atoms with Gasteiger partial charge in [0.25, 0.3) is 0 Å². The molecule has 0 fully saturated rings. The van der Waals surface area contributed by atoms with Crippen molar-refractivity contribution in [3.8, 4) is 0 Å². The van der Waals surface area contributed by atoms with E-state index in [1.165, 1.54) is 5.56 Å². The lowest BCUT2D eigenvalue weighted by atomic mass is 10.0. The van der Waals surface area contributed by atoms with Crippen LogP contribution in [-0.4, -0.2) is 5.78 Å². The van der Waals surface area contributed by atoms with Crippen molar-refractivity contribution in [3.63, 3.8) is 0 Å². The molecule has 0 aromatic heterocycles. The molecule has 1 atom stereocenters. The Morgan fingerprint density at radius 2 is 2.21 bits per heavy atom. The smallest absolute Gasteiger partial charge is 0.166 e. The van der Waals surface area contributed by atoms with Crippen LogP contribution >= 0.6 is 0 Å². The van der Waals surface area contributed by atoms with Crippen LogP contribution in [0, 0.1) is 5.92 Å². The van der Waals surface area contributed by atoms with Crippen LogP contribution in [0.2, 0.25) is 0 Å². The minimum Gasteiger partial charge on any atom is -0.294 e. The van der Waals surface area contributed by atoms with Crippen LogP contribution in [-0.2, 0) is 6.42 Å². The molecule has 0 bridgehead atoms. The van der Waals surface area contributed by atoms with Crippen molar-refractivity contribution < 1.29 is 4.79 Å². The van der Waals surface area contributed by atoms with Gasteiger partial charge in [-0.2, -0.15) is 0 Å². The van der Waals surface area contributed by atoms with Crippen molar-refractivity contribution >= 4 is 5.78 Å². The maximum atomic E-state index is 11.9. The van der Waals surface area contributed by atoms with Gasteiger partial charge in [-0.05, 0) is 25.3 Å². The molecule has 0 saturated carbocycles. The summed E-state index contributed by atoms with van der Waals surface area (Å²) in [4.78, 5) is 11.9. The van der Waals surface area contributed by atoms with Crippen molar-refractivity contribution in [2.45, 2.75) is 19.8 Å². The number of carbonyl (C=O) groups excluding carboxylic acids is 1. The number of rotatable bonds is 2. The first kappa shape index (κ1) is 9.20. The van der Waals surface area contributed by atoms with Crippen molar-refractivity contribution in [2.75, 3.05) is 0 Å². The van der Waals surface area contributed by atoms with E-state index in [4.69, 9.17) is 0 Å². The van der Waals surface area contributed by atoms with Crippen molar-refractivity contribution in [1.29, 1.82) is 0 Å². The monoisotopic (exact) mass is 186 g/mol. The van der Waals surface area contributed by atoms with Crippen LogP contribution in [0.15, 0.2) is 36.4 Å². The predicted molar refractivity (Wildman–Crippen MR) is 57.4 cm³/mol. The molecule has 0 N–H and O–H groups in total. The maximum absolute atomic E-state index is 11.9. The Bertz CT molecular complexity index is 377. The second kappa shape index (κ2) is 3.79. The van der Waals surface area contributed by atoms with Crippen LogP contribution in [0.1, 0.15) is 29.3 Å². The van der Waals surface area contributed by atoms with E-state index in [-0.39, 0.29) is 5.92 Å². The molecule has 1 unspecified atom stereocenters. The summed E-state index contributed by atoms with van der Waals surface area (Å²) in [6.45, 7) is 1.99. The van der Waals surface area contributed by atoms with Crippen molar-refractivity contribution in [3.05, 3.63) is 47.5 Å². The molecule has 1 aromatic rings. The molecule has 0 radical (unpaired) electrons. The zero-order valence-corrected chi connectivity index (χ0v) is 8.36. The third-order valence-electron chi connectivity index (χ3n) is 2.78. The Morgan fingerprint density at radius 1 is 1.43 bits per heavy atom. The fourth-order valence-electron chi connectivity index (χ4n) is 2.01. The van der Waals surface area contributed by atoms with E-state index in [1.54, 1.807) is 0 Å². The first-order valence-electron chi connectivity index (χ1n) is 5.06. The first-order valence-corrected chi connectivity index (χ1v) is 5.06. The fraction of sp³-hybridized carbons (Fsp3) is 0.308. The molecule has 1 aromatic carbocycles. The Balaban J connectivity index is 2.21. The number of fused-ring (bicyclic) bond motifs is 1. The molecule has 14 heavy (non-hydrogen) atoms. The van der Waals surface area contributed by atoms with Gasteiger partial charge in [-0.3, -0.25) is 4.79 Å². The fourth-order valence-corrected chi connectivity index (χ4v) is 2.01. The van der Waals surface area contributed by atoms with Crippen molar-refractivity contribution in [2.24, 2.45) is 5.92 Å². The van der Waals surface area contributed by atoms with Gasteiger partial charge < -0.3 is 0 Å². The zero-order chi connectivity index (χ0) is 9.97. The van der Waals surface area contributed by atoms with Gasteiger partial charge in [-0.15, -0.1) is 0 Å². The third kappa shape index (κ3) is 1.50. The molecule has 1 heteroatoms. The molecule has 2 rings (SSSR count). The quantitative estimate of drug-likeness (QED) is 0.649. The van der Waals surface area contributed by atoms with Gasteiger partial charge in [0.1, 0.15) is 0 Å². The maximum Gasteiger partial charge on any atom is 0.166 e. The molecule has 1 nitrogen and oxygen atoms in total. The van der Waals surface area contributed by atoms with Gasteiger partial charge in [0.05, 0.1) is 0 Å². The Kier molecular flexibility index (Phi) is 2.49. The summed E-state index contributed by atoms with van der Waals surface area (Å²) < 4.78 is 0. The topological polar surface area (TPSA) is 17.1 Å². The normalized spacial score (nSPS) is 20.4. The largest absolute Gasteiger partial charge is 0.294 e. The van der Waals surface area contributed by atoms with Crippen LogP contribution in [0.5, 0.6) is 0 Å². The standard InChI is InChI=1S/C13H14O/c1-2-3-6-11-9-10-7-4-5-8-12(10)13(11)14/h2-5,7-8,11H,6,9H2,1H3. The van der Waals surface area contributed by atoms with Crippen LogP contribution in [0.25, 0.3) is 0 Å². The van der Waals surface area contributed by atoms with Gasteiger partial charge in [0.15, 0.2) is 5.78 Å². The van der Waals surface area contributed by atoms with Gasteiger partial charge in [0, 0.05) is 11.5 Å². The highest BCUT2D eigenvalue weighted by atomic mass is 16.1. The van der Waals surface area contributed by atoms with E-state index in [0.29, 0.717) is 5.78 Å². The van der Waals surface area contributed by atoms with E-state index in [1.807, 2.05) is 31.2 Å². The highest BCUT2D eigenvalue weighted by molar-refractivity contribution is 6.02. The Labute approximate surface area is 84.5 Å². The Morgan fingerprint density at radius 3 is 2.93 bits per heavy atom. The highest BCUT2D eigenvalue weighted by Gasteiger charge is 2.28. The second-order valence-electron chi connectivity index (χ2n) is 3.73. The number of Topliss-reactive ketones (excluding diaryl/α,β-unsaturated/α-hetero) is 1. The van der Waals surface area contributed by atoms with E-state index in [0.717, 1.165) is 18.4 Å². The molecule has 0 saturated heterocycles. The number of hydrogen-bond acceptors (Lipinski definition) is 1. The lowest BCUT2D eigenvalue weighted by Crippen LogP contribution is -2.07. The van der Waals surface area contributed by atoms with E-state index in [2.05, 4.69) is 12.1 Å². The number of allylic oxidation sites excluding steroid dienone is 2. The average molecular weight is 186 g/mol. The summed E-state index contributed by atoms with van der Waals surface area (Å²) >= 11 is 0. The van der Waals surface area contributed by atoms with Gasteiger partial charge in [-0.25, -0.2) is 0 Å². The van der Waals surface area contributed by atoms with E-state index >= 15 is 0 Å². The molecule has 0 aliphatic heterocycles. The van der Waals surface area contributed by atoms with Gasteiger partial charge in [0.2, 0.25) is 0 Å². The summed E-state index contributed by atoms with van der Waals surface area (Å²) in [5.74, 6) is 0.502. The Hall–Kier alpha value is -1.37. The molecule has 0 amide bonds. The number of ketones is 1. The van der Waals surface area contributed by atoms with E-state index < -0.39 is 0 Å². The third-order valence-corrected chi connectivity index (χ3v) is 2.78. The average Bonchev–Trinajstić information content (AvgIpc) is 2.54. The highest BCUT2D eigenvalue weighted by Crippen LogP contribution is 2.28. The predicted octanol–water partition coefficient (Wildman–Crippen LogP) is 3.01. The number of benzene rings is 1. The minimum atomic E-state index is 0.184. The first-order chi connectivity index (χ1) is 6.83. The molecule has 1 aliphatic rings. The van der Waals surface area contributed by atoms with Crippen LogP contribution in [0.4, 0.5) is 0 Å². The summed E-state index contributed by atoms with van der Waals surface area (Å²) in [7, 11) is 0. The molecule has 1 aliphatic carbocycles. The molecule has 72 valence electrons. The molecular weight excluding hydrogens is 172 g/mol. The van der Waals surface area contributed by atoms with E-state index in [9.17, 15) is 4.79 Å². The van der Waals surface area contributed by atoms with Crippen molar-refractivity contribution in [1.82, 2.24) is 0 Å². The molecule has 0 heterocycles. The summed E-state index contributed by atoms with van der Waals surface area (Å²) in [5, 5.41) is 0. The molecular formula is C13H14O. The summed E-state index contributed by atoms with van der Waals surface area (Å²) in [5.41, 5.74) is 2.15. The summed E-state index contributed by atoms with van der Waals surface area (Å²) in [6.07, 6.45) is 5.88. The molecule has 0 spiro atoms. The van der Waals surface area contributed by atoms with Gasteiger partial charge >= 0.3 is 0 Å². The van der Waals surface area contributed by atoms with Crippen LogP contribution < -0.4 is 0 Å². The number of carbonyl (C=O) groups is 1. The summed E-state index contributed by atoms with van der Waals surface area (Å²) in [6, 6.07) is 7.94. The van der Waals surface area contributed by atoms with Crippen LogP contribution in [0.3, 0.4) is 0 Å². The number of hydrogen-bond donors (Lipinski definition) is 0. The minimum absolute atomic E-state index is 0.184.